The number of amides is 1. The molecule has 0 bridgehead atoms. The van der Waals surface area contributed by atoms with Crippen LogP contribution >= 0.6 is 23.4 Å². The molecule has 4 nitrogen and oxygen atoms in total. The van der Waals surface area contributed by atoms with E-state index in [9.17, 15) is 4.79 Å². The lowest BCUT2D eigenvalue weighted by Gasteiger charge is -2.19. The first kappa shape index (κ1) is 13.8. The molecule has 1 unspecified atom stereocenters. The van der Waals surface area contributed by atoms with E-state index in [4.69, 9.17) is 11.6 Å². The highest BCUT2D eigenvalue weighted by Crippen LogP contribution is 2.26. The molecule has 0 spiro atoms. The minimum Gasteiger partial charge on any atom is -0.342 e. The lowest BCUT2D eigenvalue weighted by molar-refractivity contribution is -0.129. The van der Waals surface area contributed by atoms with Crippen LogP contribution in [0.4, 0.5) is 0 Å². The second-order valence-electron chi connectivity index (χ2n) is 5.00. The molecule has 0 saturated carbocycles. The Hall–Kier alpha value is -1.20. The lowest BCUT2D eigenvalue weighted by Crippen LogP contribution is -2.34. The molecule has 2 heterocycles. The van der Waals surface area contributed by atoms with Crippen molar-refractivity contribution in [2.45, 2.75) is 30.2 Å². The third kappa shape index (κ3) is 2.79. The fourth-order valence-corrected chi connectivity index (χ4v) is 3.50. The van der Waals surface area contributed by atoms with E-state index in [0.717, 1.165) is 42.1 Å². The Labute approximate surface area is 126 Å². The molecule has 0 aliphatic carbocycles. The molecular weight excluding hydrogens is 294 g/mol. The van der Waals surface area contributed by atoms with Gasteiger partial charge in [0.15, 0.2) is 5.16 Å². The normalized spacial score (nSPS) is 16.8. The molecule has 1 aliphatic rings. The van der Waals surface area contributed by atoms with Gasteiger partial charge in [-0.1, -0.05) is 23.4 Å². The zero-order chi connectivity index (χ0) is 14.1. The lowest BCUT2D eigenvalue weighted by atomic mass is 10.3. The zero-order valence-corrected chi connectivity index (χ0v) is 12.8. The summed E-state index contributed by atoms with van der Waals surface area (Å²) in [7, 11) is 0. The van der Waals surface area contributed by atoms with Crippen LogP contribution in [0.15, 0.2) is 23.4 Å². The standard InChI is InChI=1S/C14H16ClN3OS/c1-9(13(19)18-6-2-3-7-18)20-14-16-11-5-4-10(15)8-12(11)17-14/h4-5,8-9H,2-3,6-7H2,1H3,(H,16,17). The number of rotatable bonds is 3. The second-order valence-corrected chi connectivity index (χ2v) is 6.76. The molecule has 2 aromatic rings. The van der Waals surface area contributed by atoms with Crippen molar-refractivity contribution in [2.24, 2.45) is 0 Å². The van der Waals surface area contributed by atoms with E-state index in [1.807, 2.05) is 30.0 Å². The van der Waals surface area contributed by atoms with Crippen molar-refractivity contribution >= 4 is 40.3 Å². The van der Waals surface area contributed by atoms with Crippen LogP contribution in [0.3, 0.4) is 0 Å². The number of nitrogens with one attached hydrogen (secondary N) is 1. The van der Waals surface area contributed by atoms with Crippen LogP contribution in [0.25, 0.3) is 11.0 Å². The van der Waals surface area contributed by atoms with Crippen molar-refractivity contribution in [3.8, 4) is 0 Å². The van der Waals surface area contributed by atoms with E-state index < -0.39 is 0 Å². The van der Waals surface area contributed by atoms with Gasteiger partial charge in [-0.3, -0.25) is 4.79 Å². The quantitative estimate of drug-likeness (QED) is 0.885. The molecule has 1 atom stereocenters. The number of H-pyrrole nitrogens is 1. The van der Waals surface area contributed by atoms with Gasteiger partial charge < -0.3 is 9.88 Å². The van der Waals surface area contributed by atoms with E-state index in [1.54, 1.807) is 0 Å². The molecule has 20 heavy (non-hydrogen) atoms. The summed E-state index contributed by atoms with van der Waals surface area (Å²) in [5.74, 6) is 0.200. The minimum atomic E-state index is -0.121. The third-order valence-electron chi connectivity index (χ3n) is 3.48. The molecule has 1 fully saturated rings. The highest BCUT2D eigenvalue weighted by atomic mass is 35.5. The van der Waals surface area contributed by atoms with Gasteiger partial charge in [0.05, 0.1) is 16.3 Å². The van der Waals surface area contributed by atoms with E-state index in [0.29, 0.717) is 5.02 Å². The summed E-state index contributed by atoms with van der Waals surface area (Å²) in [5.41, 5.74) is 1.78. The van der Waals surface area contributed by atoms with Crippen LogP contribution in [0.5, 0.6) is 0 Å². The Balaban J connectivity index is 1.73. The number of nitrogens with zero attached hydrogens (tertiary/aromatic N) is 2. The van der Waals surface area contributed by atoms with E-state index >= 15 is 0 Å². The van der Waals surface area contributed by atoms with Crippen molar-refractivity contribution in [1.82, 2.24) is 14.9 Å². The molecule has 6 heteroatoms. The van der Waals surface area contributed by atoms with Gasteiger partial charge in [-0.2, -0.15) is 0 Å². The maximum Gasteiger partial charge on any atom is 0.235 e. The van der Waals surface area contributed by atoms with Gasteiger partial charge in [-0.05, 0) is 38.0 Å². The number of likely N-dealkylation sites (tertiary alicyclic amines) is 1. The van der Waals surface area contributed by atoms with E-state index in [2.05, 4.69) is 9.97 Å². The number of benzene rings is 1. The van der Waals surface area contributed by atoms with E-state index in [1.165, 1.54) is 11.8 Å². The third-order valence-corrected chi connectivity index (χ3v) is 4.68. The molecule has 1 aromatic carbocycles. The number of thioether (sulfide) groups is 1. The number of hydrogen-bond acceptors (Lipinski definition) is 3. The van der Waals surface area contributed by atoms with Gasteiger partial charge >= 0.3 is 0 Å². The maximum absolute atomic E-state index is 12.3. The summed E-state index contributed by atoms with van der Waals surface area (Å²) in [5, 5.41) is 1.32. The molecule has 3 rings (SSSR count). The number of fused-ring (bicyclic) bond motifs is 1. The summed E-state index contributed by atoms with van der Waals surface area (Å²) >= 11 is 7.42. The number of aromatic amines is 1. The molecule has 106 valence electrons. The smallest absolute Gasteiger partial charge is 0.235 e. The van der Waals surface area contributed by atoms with Gasteiger partial charge in [0, 0.05) is 18.1 Å². The Morgan fingerprint density at radius 1 is 1.45 bits per heavy atom. The SMILES string of the molecule is CC(Sc1nc2ccc(Cl)cc2[nH]1)C(=O)N1CCCC1. The molecule has 1 amide bonds. The van der Waals surface area contributed by atoms with Crippen molar-refractivity contribution in [1.29, 1.82) is 0 Å². The summed E-state index contributed by atoms with van der Waals surface area (Å²) in [4.78, 5) is 21.9. The van der Waals surface area contributed by atoms with Crippen molar-refractivity contribution in [3.05, 3.63) is 23.2 Å². The number of aromatic nitrogens is 2. The molecule has 1 aliphatic heterocycles. The van der Waals surface area contributed by atoms with Gasteiger partial charge in [0.25, 0.3) is 0 Å². The Morgan fingerprint density at radius 3 is 2.95 bits per heavy atom. The Kier molecular flexibility index (Phi) is 3.89. The Morgan fingerprint density at radius 2 is 2.20 bits per heavy atom. The van der Waals surface area contributed by atoms with Crippen molar-refractivity contribution in [2.75, 3.05) is 13.1 Å². The molecule has 1 aromatic heterocycles. The van der Waals surface area contributed by atoms with Crippen LogP contribution in [0.1, 0.15) is 19.8 Å². The average molecular weight is 310 g/mol. The number of imidazole rings is 1. The van der Waals surface area contributed by atoms with Gasteiger partial charge in [0.2, 0.25) is 5.91 Å². The zero-order valence-electron chi connectivity index (χ0n) is 11.2. The molecule has 1 N–H and O–H groups in total. The predicted molar refractivity (Wildman–Crippen MR) is 82.2 cm³/mol. The number of halogens is 1. The predicted octanol–water partition coefficient (Wildman–Crippen LogP) is 3.32. The largest absolute Gasteiger partial charge is 0.342 e. The van der Waals surface area contributed by atoms with Gasteiger partial charge in [-0.15, -0.1) is 0 Å². The second kappa shape index (κ2) is 5.66. The highest BCUT2D eigenvalue weighted by Gasteiger charge is 2.24. The van der Waals surface area contributed by atoms with E-state index in [-0.39, 0.29) is 11.2 Å². The van der Waals surface area contributed by atoms with Crippen molar-refractivity contribution in [3.63, 3.8) is 0 Å². The van der Waals surface area contributed by atoms with Crippen LogP contribution in [-0.4, -0.2) is 39.1 Å². The first-order valence-corrected chi connectivity index (χ1v) is 8.00. The summed E-state index contributed by atoms with van der Waals surface area (Å²) < 4.78 is 0. The van der Waals surface area contributed by atoms with Gasteiger partial charge in [0.1, 0.15) is 0 Å². The van der Waals surface area contributed by atoms with Crippen LogP contribution in [-0.2, 0) is 4.79 Å². The summed E-state index contributed by atoms with van der Waals surface area (Å²) in [6.07, 6.45) is 2.23. The molecular formula is C14H16ClN3OS. The minimum absolute atomic E-state index is 0.121. The first-order valence-electron chi connectivity index (χ1n) is 6.74. The van der Waals surface area contributed by atoms with Crippen LogP contribution in [0, 0.1) is 0 Å². The Bertz CT molecular complexity index is 636. The monoisotopic (exact) mass is 309 g/mol. The van der Waals surface area contributed by atoms with Gasteiger partial charge in [-0.25, -0.2) is 4.98 Å². The van der Waals surface area contributed by atoms with Crippen LogP contribution < -0.4 is 0 Å². The fraction of sp³-hybridized carbons (Fsp3) is 0.429. The first-order chi connectivity index (χ1) is 9.63. The number of hydrogen-bond donors (Lipinski definition) is 1. The summed E-state index contributed by atoms with van der Waals surface area (Å²) in [6.45, 7) is 3.71. The number of carbonyl (C=O) groups excluding carboxylic acids is 1. The summed E-state index contributed by atoms with van der Waals surface area (Å²) in [6, 6.07) is 5.55. The molecule has 0 radical (unpaired) electrons. The average Bonchev–Trinajstić information content (AvgIpc) is 3.05. The highest BCUT2D eigenvalue weighted by molar-refractivity contribution is 8.00. The van der Waals surface area contributed by atoms with Crippen LogP contribution in [0.2, 0.25) is 5.02 Å². The fourth-order valence-electron chi connectivity index (χ4n) is 2.43. The maximum atomic E-state index is 12.3. The topological polar surface area (TPSA) is 49.0 Å². The molecule has 1 saturated heterocycles. The van der Waals surface area contributed by atoms with Crippen molar-refractivity contribution < 1.29 is 4.79 Å². The number of carbonyl (C=O) groups is 1.